The minimum Gasteiger partial charge on any atom is -0.497 e. The van der Waals surface area contributed by atoms with Crippen molar-refractivity contribution >= 4 is 0 Å². The second kappa shape index (κ2) is 4.26. The molecule has 0 spiro atoms. The molecule has 0 radical (unpaired) electrons. The summed E-state index contributed by atoms with van der Waals surface area (Å²) in [7, 11) is 3.25. The number of hydrogen-bond acceptors (Lipinski definition) is 4. The highest BCUT2D eigenvalue weighted by molar-refractivity contribution is 5.69. The second-order valence-corrected chi connectivity index (χ2v) is 3.33. The lowest BCUT2D eigenvalue weighted by Crippen LogP contribution is -1.90. The van der Waals surface area contributed by atoms with E-state index in [9.17, 15) is 0 Å². The van der Waals surface area contributed by atoms with Gasteiger partial charge in [-0.1, -0.05) is 0 Å². The molecular weight excluding hydrogens is 206 g/mol. The van der Waals surface area contributed by atoms with Gasteiger partial charge < -0.3 is 13.9 Å². The fourth-order valence-corrected chi connectivity index (χ4v) is 1.55. The Bertz CT molecular complexity index is 491. The third-order valence-corrected chi connectivity index (χ3v) is 2.40. The molecular formula is C12H13NO3. The van der Waals surface area contributed by atoms with Gasteiger partial charge in [-0.2, -0.15) is 0 Å². The molecule has 4 heteroatoms. The van der Waals surface area contributed by atoms with Gasteiger partial charge in [0.25, 0.3) is 0 Å². The number of rotatable bonds is 3. The molecule has 84 valence electrons. The van der Waals surface area contributed by atoms with Crippen LogP contribution in [0, 0.1) is 6.92 Å². The topological polar surface area (TPSA) is 44.5 Å². The lowest BCUT2D eigenvalue weighted by molar-refractivity contribution is 0.403. The summed E-state index contributed by atoms with van der Waals surface area (Å²) < 4.78 is 15.8. The molecule has 1 aromatic carbocycles. The number of aryl methyl sites for hydroxylation is 1. The van der Waals surface area contributed by atoms with Crippen molar-refractivity contribution in [1.29, 1.82) is 0 Å². The molecule has 0 bridgehead atoms. The predicted molar refractivity (Wildman–Crippen MR) is 59.8 cm³/mol. The predicted octanol–water partition coefficient (Wildman–Crippen LogP) is 2.67. The molecule has 1 aromatic heterocycles. The zero-order chi connectivity index (χ0) is 11.5. The Morgan fingerprint density at radius 3 is 2.56 bits per heavy atom. The number of methoxy groups -OCH3 is 2. The molecule has 2 rings (SSSR count). The van der Waals surface area contributed by atoms with Gasteiger partial charge in [-0.3, -0.25) is 0 Å². The van der Waals surface area contributed by atoms with Crippen LogP contribution in [-0.4, -0.2) is 19.2 Å². The lowest BCUT2D eigenvalue weighted by Gasteiger charge is -2.08. The molecule has 0 amide bonds. The first-order valence-corrected chi connectivity index (χ1v) is 4.88. The van der Waals surface area contributed by atoms with E-state index in [1.165, 1.54) is 6.39 Å². The van der Waals surface area contributed by atoms with Crippen LogP contribution >= 0.6 is 0 Å². The molecule has 0 aliphatic carbocycles. The summed E-state index contributed by atoms with van der Waals surface area (Å²) in [6.07, 6.45) is 1.42. The van der Waals surface area contributed by atoms with E-state index in [1.807, 2.05) is 25.1 Å². The van der Waals surface area contributed by atoms with Crippen molar-refractivity contribution in [2.45, 2.75) is 6.92 Å². The van der Waals surface area contributed by atoms with Gasteiger partial charge in [0.15, 0.2) is 12.2 Å². The molecule has 0 unspecified atom stereocenters. The number of ether oxygens (including phenoxy) is 2. The van der Waals surface area contributed by atoms with Crippen molar-refractivity contribution in [2.75, 3.05) is 14.2 Å². The fraction of sp³-hybridized carbons (Fsp3) is 0.250. The Morgan fingerprint density at radius 2 is 2.00 bits per heavy atom. The zero-order valence-electron chi connectivity index (χ0n) is 9.48. The largest absolute Gasteiger partial charge is 0.497 e. The molecule has 4 nitrogen and oxygen atoms in total. The van der Waals surface area contributed by atoms with Crippen molar-refractivity contribution in [3.63, 3.8) is 0 Å². The molecule has 0 N–H and O–H groups in total. The number of nitrogens with zero attached hydrogens (tertiary/aromatic N) is 1. The molecule has 0 aliphatic heterocycles. The summed E-state index contributed by atoms with van der Waals surface area (Å²) in [4.78, 5) is 4.06. The van der Waals surface area contributed by atoms with Gasteiger partial charge in [-0.15, -0.1) is 0 Å². The third-order valence-electron chi connectivity index (χ3n) is 2.40. The Labute approximate surface area is 93.8 Å². The maximum atomic E-state index is 5.35. The van der Waals surface area contributed by atoms with Crippen molar-refractivity contribution in [1.82, 2.24) is 4.98 Å². The smallest absolute Gasteiger partial charge is 0.181 e. The lowest BCUT2D eigenvalue weighted by atomic mass is 10.1. The molecule has 0 fully saturated rings. The molecule has 0 aliphatic rings. The average molecular weight is 219 g/mol. The molecule has 0 atom stereocenters. The van der Waals surface area contributed by atoms with Crippen molar-refractivity contribution in [3.8, 4) is 22.8 Å². The highest BCUT2D eigenvalue weighted by Crippen LogP contribution is 2.34. The summed E-state index contributed by atoms with van der Waals surface area (Å²) in [5.41, 5.74) is 1.67. The molecule has 0 saturated heterocycles. The fourth-order valence-electron chi connectivity index (χ4n) is 1.55. The van der Waals surface area contributed by atoms with Crippen molar-refractivity contribution in [2.24, 2.45) is 0 Å². The van der Waals surface area contributed by atoms with Gasteiger partial charge in [-0.25, -0.2) is 4.98 Å². The standard InChI is InChI=1S/C12H13NO3/c1-8-12(16-7-13-8)10-6-9(14-2)4-5-11(10)15-3/h4-7H,1-3H3. The van der Waals surface area contributed by atoms with E-state index in [-0.39, 0.29) is 0 Å². The maximum Gasteiger partial charge on any atom is 0.181 e. The van der Waals surface area contributed by atoms with Crippen LogP contribution in [0.3, 0.4) is 0 Å². The Kier molecular flexibility index (Phi) is 2.81. The van der Waals surface area contributed by atoms with Gasteiger partial charge in [0, 0.05) is 0 Å². The van der Waals surface area contributed by atoms with E-state index < -0.39 is 0 Å². The van der Waals surface area contributed by atoms with Gasteiger partial charge in [0.1, 0.15) is 11.5 Å². The van der Waals surface area contributed by atoms with Crippen LogP contribution in [0.2, 0.25) is 0 Å². The van der Waals surface area contributed by atoms with E-state index >= 15 is 0 Å². The normalized spacial score (nSPS) is 10.2. The van der Waals surface area contributed by atoms with Crippen molar-refractivity contribution < 1.29 is 13.9 Å². The molecule has 1 heterocycles. The van der Waals surface area contributed by atoms with E-state index in [0.29, 0.717) is 5.76 Å². The Balaban J connectivity index is 2.57. The van der Waals surface area contributed by atoms with Crippen LogP contribution in [0.15, 0.2) is 29.0 Å². The van der Waals surface area contributed by atoms with Gasteiger partial charge >= 0.3 is 0 Å². The first kappa shape index (κ1) is 10.5. The molecule has 16 heavy (non-hydrogen) atoms. The number of benzene rings is 1. The van der Waals surface area contributed by atoms with E-state index in [1.54, 1.807) is 14.2 Å². The van der Waals surface area contributed by atoms with Crippen LogP contribution in [0.1, 0.15) is 5.69 Å². The van der Waals surface area contributed by atoms with Crippen LogP contribution in [0.5, 0.6) is 11.5 Å². The maximum absolute atomic E-state index is 5.35. The zero-order valence-corrected chi connectivity index (χ0v) is 9.48. The van der Waals surface area contributed by atoms with E-state index in [2.05, 4.69) is 4.98 Å². The highest BCUT2D eigenvalue weighted by Gasteiger charge is 2.13. The van der Waals surface area contributed by atoms with Crippen LogP contribution in [0.4, 0.5) is 0 Å². The number of aromatic nitrogens is 1. The van der Waals surface area contributed by atoms with Gasteiger partial charge in [0.2, 0.25) is 0 Å². The summed E-state index contributed by atoms with van der Waals surface area (Å²) in [5, 5.41) is 0. The van der Waals surface area contributed by atoms with Crippen LogP contribution < -0.4 is 9.47 Å². The quantitative estimate of drug-likeness (QED) is 0.796. The first-order valence-electron chi connectivity index (χ1n) is 4.88. The molecule has 0 saturated carbocycles. The Hall–Kier alpha value is -1.97. The average Bonchev–Trinajstić information content (AvgIpc) is 2.74. The summed E-state index contributed by atoms with van der Waals surface area (Å²) >= 11 is 0. The minimum absolute atomic E-state index is 0.704. The van der Waals surface area contributed by atoms with Crippen molar-refractivity contribution in [3.05, 3.63) is 30.3 Å². The number of oxazole rings is 1. The molecule has 2 aromatic rings. The SMILES string of the molecule is COc1ccc(OC)c(-c2ocnc2C)c1. The highest BCUT2D eigenvalue weighted by atomic mass is 16.5. The third kappa shape index (κ3) is 1.74. The monoisotopic (exact) mass is 219 g/mol. The minimum atomic E-state index is 0.704. The Morgan fingerprint density at radius 1 is 1.19 bits per heavy atom. The summed E-state index contributed by atoms with van der Waals surface area (Å²) in [6.45, 7) is 1.89. The van der Waals surface area contributed by atoms with Gasteiger partial charge in [-0.05, 0) is 25.1 Å². The second-order valence-electron chi connectivity index (χ2n) is 3.33. The van der Waals surface area contributed by atoms with E-state index in [4.69, 9.17) is 13.9 Å². The first-order chi connectivity index (χ1) is 7.76. The van der Waals surface area contributed by atoms with Crippen LogP contribution in [0.25, 0.3) is 11.3 Å². The van der Waals surface area contributed by atoms with Gasteiger partial charge in [0.05, 0.1) is 25.5 Å². The number of hydrogen-bond donors (Lipinski definition) is 0. The summed E-state index contributed by atoms with van der Waals surface area (Å²) in [6, 6.07) is 5.55. The van der Waals surface area contributed by atoms with Crippen LogP contribution in [-0.2, 0) is 0 Å². The van der Waals surface area contributed by atoms with E-state index in [0.717, 1.165) is 22.8 Å². The summed E-state index contributed by atoms with van der Waals surface area (Å²) in [5.74, 6) is 2.20.